The summed E-state index contributed by atoms with van der Waals surface area (Å²) in [4.78, 5) is 13.4. The molecule has 1 fully saturated rings. The van der Waals surface area contributed by atoms with Crippen LogP contribution in [0.5, 0.6) is 0 Å². The number of rotatable bonds is 5. The van der Waals surface area contributed by atoms with Crippen molar-refractivity contribution in [1.82, 2.24) is 9.88 Å². The highest BCUT2D eigenvalue weighted by molar-refractivity contribution is 5.79. The Bertz CT molecular complexity index is 416. The normalized spacial score (nSPS) is 23.6. The number of aromatic nitrogens is 1. The Hall–Kier alpha value is -1.49. The molecule has 2 N–H and O–H groups in total. The Labute approximate surface area is 107 Å². The number of aliphatic carboxylic acids is 1. The molecule has 0 amide bonds. The molecule has 1 aromatic rings. The van der Waals surface area contributed by atoms with Gasteiger partial charge in [0.15, 0.2) is 0 Å². The monoisotopic (exact) mass is 251 g/mol. The third-order valence-electron chi connectivity index (χ3n) is 3.53. The zero-order valence-electron chi connectivity index (χ0n) is 11.0. The van der Waals surface area contributed by atoms with Gasteiger partial charge >= 0.3 is 5.97 Å². The minimum atomic E-state index is -0.724. The topological polar surface area (TPSA) is 57.5 Å². The van der Waals surface area contributed by atoms with E-state index in [4.69, 9.17) is 0 Å². The van der Waals surface area contributed by atoms with Gasteiger partial charge in [0.05, 0.1) is 5.69 Å². The standard InChI is InChI=1S/C13H21N3O2/c1-3-14-8-10-4-5-12(13(17)18)16(10)11-6-7-15(2)9-11/h6-7,9-10,12,14H,3-5,8H2,1-2H3,(H,17,18). The molecule has 0 aromatic carbocycles. The van der Waals surface area contributed by atoms with Gasteiger partial charge in [-0.05, 0) is 25.5 Å². The summed E-state index contributed by atoms with van der Waals surface area (Å²) in [5.74, 6) is -0.724. The zero-order chi connectivity index (χ0) is 13.1. The Balaban J connectivity index is 2.19. The summed E-state index contributed by atoms with van der Waals surface area (Å²) in [6.07, 6.45) is 5.59. The first-order valence-electron chi connectivity index (χ1n) is 6.47. The molecule has 1 aliphatic heterocycles. The van der Waals surface area contributed by atoms with E-state index in [1.54, 1.807) is 0 Å². The average molecular weight is 251 g/mol. The first-order valence-corrected chi connectivity index (χ1v) is 6.47. The quantitative estimate of drug-likeness (QED) is 0.821. The van der Waals surface area contributed by atoms with Crippen LogP contribution in [-0.2, 0) is 11.8 Å². The highest BCUT2D eigenvalue weighted by atomic mass is 16.4. The van der Waals surface area contributed by atoms with Crippen molar-refractivity contribution in [2.75, 3.05) is 18.0 Å². The second kappa shape index (κ2) is 5.44. The van der Waals surface area contributed by atoms with Crippen molar-refractivity contribution in [1.29, 1.82) is 0 Å². The number of hydrogen-bond donors (Lipinski definition) is 2. The molecule has 100 valence electrons. The number of carboxylic acids is 1. The van der Waals surface area contributed by atoms with Crippen molar-refractivity contribution in [3.63, 3.8) is 0 Å². The number of anilines is 1. The van der Waals surface area contributed by atoms with Gasteiger partial charge in [-0.1, -0.05) is 6.92 Å². The van der Waals surface area contributed by atoms with Gasteiger partial charge < -0.3 is 19.9 Å². The fraction of sp³-hybridized carbons (Fsp3) is 0.615. The lowest BCUT2D eigenvalue weighted by Gasteiger charge is -2.29. The molecule has 5 nitrogen and oxygen atoms in total. The van der Waals surface area contributed by atoms with E-state index in [2.05, 4.69) is 12.2 Å². The highest BCUT2D eigenvalue weighted by Gasteiger charge is 2.37. The third-order valence-corrected chi connectivity index (χ3v) is 3.53. The van der Waals surface area contributed by atoms with Crippen LogP contribution in [0.4, 0.5) is 5.69 Å². The van der Waals surface area contributed by atoms with Crippen LogP contribution in [0.2, 0.25) is 0 Å². The Morgan fingerprint density at radius 2 is 2.33 bits per heavy atom. The smallest absolute Gasteiger partial charge is 0.326 e. The summed E-state index contributed by atoms with van der Waals surface area (Å²) in [5.41, 5.74) is 1.00. The largest absolute Gasteiger partial charge is 0.480 e. The predicted octanol–water partition coefficient (Wildman–Crippen LogP) is 1.06. The van der Waals surface area contributed by atoms with Crippen LogP contribution in [0.25, 0.3) is 0 Å². The fourth-order valence-corrected chi connectivity index (χ4v) is 2.67. The van der Waals surface area contributed by atoms with E-state index in [1.807, 2.05) is 35.0 Å². The molecule has 1 saturated heterocycles. The van der Waals surface area contributed by atoms with Crippen molar-refractivity contribution < 1.29 is 9.90 Å². The molecule has 18 heavy (non-hydrogen) atoms. The molecular formula is C13H21N3O2. The Morgan fingerprint density at radius 1 is 1.56 bits per heavy atom. The van der Waals surface area contributed by atoms with Crippen LogP contribution in [0.3, 0.4) is 0 Å². The van der Waals surface area contributed by atoms with Gasteiger partial charge in [-0.25, -0.2) is 4.79 Å². The second-order valence-electron chi connectivity index (χ2n) is 4.84. The number of nitrogens with one attached hydrogen (secondary N) is 1. The molecule has 1 aromatic heterocycles. The molecule has 2 unspecified atom stereocenters. The van der Waals surface area contributed by atoms with Gasteiger partial charge in [0.25, 0.3) is 0 Å². The van der Waals surface area contributed by atoms with Crippen LogP contribution in [0, 0.1) is 0 Å². The van der Waals surface area contributed by atoms with E-state index in [9.17, 15) is 9.90 Å². The van der Waals surface area contributed by atoms with Crippen molar-refractivity contribution in [3.8, 4) is 0 Å². The number of hydrogen-bond acceptors (Lipinski definition) is 3. The summed E-state index contributed by atoms with van der Waals surface area (Å²) >= 11 is 0. The highest BCUT2D eigenvalue weighted by Crippen LogP contribution is 2.30. The van der Waals surface area contributed by atoms with E-state index in [0.29, 0.717) is 0 Å². The van der Waals surface area contributed by atoms with E-state index in [1.165, 1.54) is 0 Å². The molecule has 2 heterocycles. The summed E-state index contributed by atoms with van der Waals surface area (Å²) in [6, 6.07) is 1.87. The molecule has 0 radical (unpaired) electrons. The summed E-state index contributed by atoms with van der Waals surface area (Å²) in [5, 5.41) is 12.6. The van der Waals surface area contributed by atoms with Gasteiger partial charge in [-0.2, -0.15) is 0 Å². The van der Waals surface area contributed by atoms with E-state index >= 15 is 0 Å². The van der Waals surface area contributed by atoms with Crippen LogP contribution >= 0.6 is 0 Å². The van der Waals surface area contributed by atoms with E-state index in [0.717, 1.165) is 31.6 Å². The first-order chi connectivity index (χ1) is 8.63. The Kier molecular flexibility index (Phi) is 3.91. The number of carbonyl (C=O) groups is 1. The number of nitrogens with zero attached hydrogens (tertiary/aromatic N) is 2. The number of aryl methyl sites for hydroxylation is 1. The minimum Gasteiger partial charge on any atom is -0.480 e. The molecule has 0 aliphatic carbocycles. The van der Waals surface area contributed by atoms with Crippen LogP contribution in [-0.4, -0.2) is 40.8 Å². The molecule has 5 heteroatoms. The molecule has 2 atom stereocenters. The lowest BCUT2D eigenvalue weighted by molar-refractivity contribution is -0.138. The first kappa shape index (κ1) is 13.0. The maximum atomic E-state index is 11.3. The molecule has 1 aliphatic rings. The molecular weight excluding hydrogens is 230 g/mol. The SMILES string of the molecule is CCNCC1CCC(C(=O)O)N1c1ccn(C)c1. The number of carboxylic acid groups (broad SMARTS) is 1. The van der Waals surface area contributed by atoms with E-state index in [-0.39, 0.29) is 6.04 Å². The number of likely N-dealkylation sites (N-methyl/N-ethyl adjacent to an activating group) is 1. The van der Waals surface area contributed by atoms with Crippen molar-refractivity contribution in [3.05, 3.63) is 18.5 Å². The fourth-order valence-electron chi connectivity index (χ4n) is 2.67. The zero-order valence-corrected chi connectivity index (χ0v) is 11.0. The maximum absolute atomic E-state index is 11.3. The van der Waals surface area contributed by atoms with Crippen molar-refractivity contribution in [2.45, 2.75) is 31.8 Å². The molecule has 0 spiro atoms. The molecule has 0 saturated carbocycles. The summed E-state index contributed by atoms with van der Waals surface area (Å²) in [7, 11) is 1.95. The van der Waals surface area contributed by atoms with Gasteiger partial charge in [0.2, 0.25) is 0 Å². The Morgan fingerprint density at radius 3 is 2.89 bits per heavy atom. The second-order valence-corrected chi connectivity index (χ2v) is 4.84. The minimum absolute atomic E-state index is 0.272. The van der Waals surface area contributed by atoms with E-state index < -0.39 is 12.0 Å². The average Bonchev–Trinajstić information content (AvgIpc) is 2.91. The van der Waals surface area contributed by atoms with Gasteiger partial charge in [-0.3, -0.25) is 0 Å². The summed E-state index contributed by atoms with van der Waals surface area (Å²) in [6.45, 7) is 3.82. The van der Waals surface area contributed by atoms with Gasteiger partial charge in [0.1, 0.15) is 6.04 Å². The predicted molar refractivity (Wildman–Crippen MR) is 70.9 cm³/mol. The lowest BCUT2D eigenvalue weighted by atomic mass is 10.2. The van der Waals surface area contributed by atoms with Crippen molar-refractivity contribution >= 4 is 11.7 Å². The summed E-state index contributed by atoms with van der Waals surface area (Å²) < 4.78 is 1.96. The molecule has 0 bridgehead atoms. The van der Waals surface area contributed by atoms with Gasteiger partial charge in [0, 0.05) is 32.0 Å². The van der Waals surface area contributed by atoms with Crippen LogP contribution in [0.1, 0.15) is 19.8 Å². The van der Waals surface area contributed by atoms with Crippen LogP contribution in [0.15, 0.2) is 18.5 Å². The third kappa shape index (κ3) is 2.51. The lowest BCUT2D eigenvalue weighted by Crippen LogP contribution is -2.45. The molecule has 2 rings (SSSR count). The van der Waals surface area contributed by atoms with Gasteiger partial charge in [-0.15, -0.1) is 0 Å². The van der Waals surface area contributed by atoms with Crippen molar-refractivity contribution in [2.24, 2.45) is 7.05 Å². The van der Waals surface area contributed by atoms with Crippen LogP contribution < -0.4 is 10.2 Å². The maximum Gasteiger partial charge on any atom is 0.326 e.